The molecule has 1 aliphatic heterocycles. The van der Waals surface area contributed by atoms with Crippen molar-refractivity contribution < 1.29 is 17.9 Å². The van der Waals surface area contributed by atoms with Gasteiger partial charge in [0.1, 0.15) is 5.03 Å². The van der Waals surface area contributed by atoms with E-state index in [1.54, 1.807) is 0 Å². The zero-order valence-electron chi connectivity index (χ0n) is 11.7. The average Bonchev–Trinajstić information content (AvgIpc) is 2.47. The maximum atomic E-state index is 13.2. The Kier molecular flexibility index (Phi) is 3.57. The highest BCUT2D eigenvalue weighted by Gasteiger charge is 2.52. The monoisotopic (exact) mass is 285 g/mol. The van der Waals surface area contributed by atoms with Crippen LogP contribution in [0.25, 0.3) is 0 Å². The molecule has 2 heterocycles. The van der Waals surface area contributed by atoms with E-state index >= 15 is 0 Å². The summed E-state index contributed by atoms with van der Waals surface area (Å²) in [6.07, 6.45) is 1.45. The zero-order chi connectivity index (χ0) is 14.4. The maximum Gasteiger partial charge on any atom is 0.497 e. The van der Waals surface area contributed by atoms with Gasteiger partial charge in [0, 0.05) is 11.7 Å². The molecule has 1 aliphatic rings. The molecule has 19 heavy (non-hydrogen) atoms. The topological polar surface area (TPSA) is 48.4 Å². The van der Waals surface area contributed by atoms with Crippen LogP contribution in [0.1, 0.15) is 27.7 Å². The summed E-state index contributed by atoms with van der Waals surface area (Å²) in [6.45, 7) is 7.69. The van der Waals surface area contributed by atoms with Crippen molar-refractivity contribution in [2.45, 2.75) is 43.9 Å². The fourth-order valence-electron chi connectivity index (χ4n) is 1.81. The Balaban J connectivity index is 2.42. The molecule has 0 spiro atoms. The molecule has 1 aromatic rings. The van der Waals surface area contributed by atoms with Gasteiger partial charge < -0.3 is 9.31 Å². The molecule has 2 rings (SSSR count). The normalized spacial score (nSPS) is 22.5. The molecule has 0 radical (unpaired) electrons. The highest BCUT2D eigenvalue weighted by Crippen LogP contribution is 2.36. The molecule has 7 heteroatoms. The number of pyridine rings is 1. The minimum absolute atomic E-state index is 0.165. The van der Waals surface area contributed by atoms with Crippen LogP contribution in [0.5, 0.6) is 0 Å². The Labute approximate surface area is 115 Å². The predicted molar refractivity (Wildman–Crippen MR) is 72.2 cm³/mol. The van der Waals surface area contributed by atoms with Crippen LogP contribution in [0.2, 0.25) is 0 Å². The summed E-state index contributed by atoms with van der Waals surface area (Å²) in [5, 5.41) is 0.165. The van der Waals surface area contributed by atoms with Gasteiger partial charge in [-0.3, -0.25) is 4.21 Å². The van der Waals surface area contributed by atoms with Crippen molar-refractivity contribution in [1.82, 2.24) is 4.98 Å². The molecular weight excluding hydrogens is 268 g/mol. The van der Waals surface area contributed by atoms with Crippen molar-refractivity contribution in [2.24, 2.45) is 0 Å². The molecule has 104 valence electrons. The van der Waals surface area contributed by atoms with Crippen LogP contribution in [-0.2, 0) is 20.1 Å². The Morgan fingerprint density at radius 2 is 1.74 bits per heavy atom. The molecule has 1 unspecified atom stereocenters. The first kappa shape index (κ1) is 14.6. The Morgan fingerprint density at radius 3 is 2.21 bits per heavy atom. The van der Waals surface area contributed by atoms with Gasteiger partial charge in [-0.1, -0.05) is 6.07 Å². The molecular formula is C12H17BFNO3S. The Bertz CT molecular complexity index is 520. The second-order valence-electron chi connectivity index (χ2n) is 5.57. The number of nitrogens with zero attached hydrogens (tertiary/aromatic N) is 1. The van der Waals surface area contributed by atoms with Gasteiger partial charge in [-0.15, -0.1) is 0 Å². The molecule has 1 atom stereocenters. The summed E-state index contributed by atoms with van der Waals surface area (Å²) < 4.78 is 36.6. The van der Waals surface area contributed by atoms with Gasteiger partial charge in [-0.2, -0.15) is 4.39 Å². The van der Waals surface area contributed by atoms with Crippen LogP contribution in [0.4, 0.5) is 4.39 Å². The van der Waals surface area contributed by atoms with E-state index in [1.807, 2.05) is 27.7 Å². The predicted octanol–water partition coefficient (Wildman–Crippen LogP) is 1.26. The van der Waals surface area contributed by atoms with E-state index in [-0.39, 0.29) is 5.03 Å². The van der Waals surface area contributed by atoms with E-state index < -0.39 is 35.1 Å². The van der Waals surface area contributed by atoms with Crippen molar-refractivity contribution in [3.8, 4) is 0 Å². The van der Waals surface area contributed by atoms with Crippen LogP contribution >= 0.6 is 0 Å². The van der Waals surface area contributed by atoms with Crippen molar-refractivity contribution in [2.75, 3.05) is 6.26 Å². The highest BCUT2D eigenvalue weighted by atomic mass is 32.2. The van der Waals surface area contributed by atoms with Crippen molar-refractivity contribution >= 4 is 23.4 Å². The maximum absolute atomic E-state index is 13.2. The minimum atomic E-state index is -1.41. The standard InChI is InChI=1S/C12H17BFNO3S/c1-11(2)12(3,4)18-13(17-11)8-6-7-9(14)15-10(8)19(5)16/h6-7H,1-5H3. The largest absolute Gasteiger partial charge is 0.497 e. The van der Waals surface area contributed by atoms with E-state index in [9.17, 15) is 8.60 Å². The molecule has 1 saturated heterocycles. The zero-order valence-corrected chi connectivity index (χ0v) is 12.5. The molecule has 0 saturated carbocycles. The van der Waals surface area contributed by atoms with E-state index in [0.717, 1.165) is 0 Å². The van der Waals surface area contributed by atoms with E-state index in [4.69, 9.17) is 9.31 Å². The molecule has 0 N–H and O–H groups in total. The molecule has 0 bridgehead atoms. The summed E-state index contributed by atoms with van der Waals surface area (Å²) >= 11 is 0. The van der Waals surface area contributed by atoms with Gasteiger partial charge in [0.15, 0.2) is 0 Å². The van der Waals surface area contributed by atoms with E-state index in [0.29, 0.717) is 5.46 Å². The summed E-state index contributed by atoms with van der Waals surface area (Å²) in [5.41, 5.74) is -0.488. The van der Waals surface area contributed by atoms with Crippen LogP contribution in [0.3, 0.4) is 0 Å². The van der Waals surface area contributed by atoms with Crippen molar-refractivity contribution in [1.29, 1.82) is 0 Å². The molecule has 1 aromatic heterocycles. The number of hydrogen-bond acceptors (Lipinski definition) is 4. The molecule has 0 aromatic carbocycles. The van der Waals surface area contributed by atoms with Crippen LogP contribution < -0.4 is 5.46 Å². The Hall–Kier alpha value is -0.785. The number of aromatic nitrogens is 1. The minimum Gasteiger partial charge on any atom is -0.399 e. The van der Waals surface area contributed by atoms with Crippen LogP contribution in [0.15, 0.2) is 17.2 Å². The average molecular weight is 285 g/mol. The third-order valence-electron chi connectivity index (χ3n) is 3.64. The van der Waals surface area contributed by atoms with Gasteiger partial charge in [0.25, 0.3) is 0 Å². The molecule has 0 amide bonds. The molecule has 1 fully saturated rings. The third kappa shape index (κ3) is 2.59. The summed E-state index contributed by atoms with van der Waals surface area (Å²) in [6, 6.07) is 2.73. The lowest BCUT2D eigenvalue weighted by Crippen LogP contribution is -2.41. The van der Waals surface area contributed by atoms with Gasteiger partial charge in [0.05, 0.1) is 22.0 Å². The van der Waals surface area contributed by atoms with Crippen molar-refractivity contribution in [3.05, 3.63) is 18.1 Å². The second kappa shape index (κ2) is 4.65. The molecule has 0 aliphatic carbocycles. The number of halogens is 1. The third-order valence-corrected chi connectivity index (χ3v) is 4.51. The fraction of sp³-hybridized carbons (Fsp3) is 0.583. The summed E-state index contributed by atoms with van der Waals surface area (Å²) in [7, 11) is -2.09. The number of hydrogen-bond donors (Lipinski definition) is 0. The smallest absolute Gasteiger partial charge is 0.399 e. The van der Waals surface area contributed by atoms with Gasteiger partial charge >= 0.3 is 7.12 Å². The first-order valence-corrected chi connectivity index (χ1v) is 7.55. The molecule has 4 nitrogen and oxygen atoms in total. The number of rotatable bonds is 2. The SMILES string of the molecule is CS(=O)c1nc(F)ccc1B1OC(C)(C)C(C)(C)O1. The van der Waals surface area contributed by atoms with Crippen LogP contribution in [0, 0.1) is 5.95 Å². The van der Waals surface area contributed by atoms with E-state index in [2.05, 4.69) is 4.98 Å². The highest BCUT2D eigenvalue weighted by molar-refractivity contribution is 7.84. The van der Waals surface area contributed by atoms with Gasteiger partial charge in [-0.05, 0) is 33.8 Å². The lowest BCUT2D eigenvalue weighted by molar-refractivity contribution is 0.00578. The Morgan fingerprint density at radius 1 is 1.21 bits per heavy atom. The second-order valence-corrected chi connectivity index (χ2v) is 6.87. The lowest BCUT2D eigenvalue weighted by Gasteiger charge is -2.32. The quantitative estimate of drug-likeness (QED) is 0.606. The van der Waals surface area contributed by atoms with Crippen molar-refractivity contribution in [3.63, 3.8) is 0 Å². The van der Waals surface area contributed by atoms with Crippen LogP contribution in [-0.4, -0.2) is 33.8 Å². The van der Waals surface area contributed by atoms with Gasteiger partial charge in [-0.25, -0.2) is 4.98 Å². The first-order valence-electron chi connectivity index (χ1n) is 5.99. The van der Waals surface area contributed by atoms with E-state index in [1.165, 1.54) is 18.4 Å². The lowest BCUT2D eigenvalue weighted by atomic mass is 9.80. The summed E-state index contributed by atoms with van der Waals surface area (Å²) in [4.78, 5) is 3.69. The summed E-state index contributed by atoms with van der Waals surface area (Å²) in [5.74, 6) is -0.662. The first-order chi connectivity index (χ1) is 8.64. The fourth-order valence-corrected chi connectivity index (χ4v) is 2.52. The van der Waals surface area contributed by atoms with Gasteiger partial charge in [0.2, 0.25) is 5.95 Å².